The Labute approximate surface area is 93.7 Å². The maximum atomic E-state index is 12.9. The van der Waals surface area contributed by atoms with Crippen molar-refractivity contribution in [2.75, 3.05) is 0 Å². The van der Waals surface area contributed by atoms with Gasteiger partial charge in [-0.2, -0.15) is 4.98 Å². The second-order valence-electron chi connectivity index (χ2n) is 3.27. The zero-order valence-corrected chi connectivity index (χ0v) is 8.35. The van der Waals surface area contributed by atoms with Crippen LogP contribution in [0.15, 0.2) is 22.7 Å². The first-order chi connectivity index (χ1) is 8.04. The summed E-state index contributed by atoms with van der Waals surface area (Å²) >= 11 is 0. The van der Waals surface area contributed by atoms with Crippen molar-refractivity contribution < 1.29 is 23.2 Å². The maximum Gasteiger partial charge on any atom is 0.377 e. The van der Waals surface area contributed by atoms with Crippen molar-refractivity contribution in [3.8, 4) is 0 Å². The second kappa shape index (κ2) is 4.28. The van der Waals surface area contributed by atoms with E-state index in [2.05, 4.69) is 14.7 Å². The molecular formula is C10H6F2N2O3. The van der Waals surface area contributed by atoms with Crippen LogP contribution in [0.25, 0.3) is 0 Å². The lowest BCUT2D eigenvalue weighted by atomic mass is 10.1. The Kier molecular flexibility index (Phi) is 2.82. The molecule has 0 spiro atoms. The van der Waals surface area contributed by atoms with Crippen molar-refractivity contribution in [3.05, 3.63) is 47.1 Å². The molecule has 5 nitrogen and oxygen atoms in total. The largest absolute Gasteiger partial charge is 0.475 e. The van der Waals surface area contributed by atoms with E-state index in [1.54, 1.807) is 0 Å². The van der Waals surface area contributed by atoms with Crippen molar-refractivity contribution >= 4 is 5.97 Å². The molecule has 0 unspecified atom stereocenters. The molecule has 0 bridgehead atoms. The molecule has 1 N–H and O–H groups in total. The summed E-state index contributed by atoms with van der Waals surface area (Å²) in [7, 11) is 0. The summed E-state index contributed by atoms with van der Waals surface area (Å²) in [5.41, 5.74) is 0.281. The van der Waals surface area contributed by atoms with E-state index >= 15 is 0 Å². The smallest absolute Gasteiger partial charge is 0.377 e. The van der Waals surface area contributed by atoms with Gasteiger partial charge in [0.1, 0.15) is 11.6 Å². The van der Waals surface area contributed by atoms with Crippen LogP contribution in [0.1, 0.15) is 22.1 Å². The molecule has 0 amide bonds. The van der Waals surface area contributed by atoms with Crippen LogP contribution < -0.4 is 0 Å². The number of carbonyl (C=O) groups is 1. The van der Waals surface area contributed by atoms with Crippen molar-refractivity contribution in [2.45, 2.75) is 6.42 Å². The van der Waals surface area contributed by atoms with Gasteiger partial charge < -0.3 is 9.63 Å². The molecule has 0 aliphatic heterocycles. The normalized spacial score (nSPS) is 10.5. The van der Waals surface area contributed by atoms with Gasteiger partial charge in [0.05, 0.1) is 6.42 Å². The first-order valence-corrected chi connectivity index (χ1v) is 4.55. The van der Waals surface area contributed by atoms with Gasteiger partial charge in [0.15, 0.2) is 0 Å². The number of hydrogen-bond acceptors (Lipinski definition) is 4. The lowest BCUT2D eigenvalue weighted by Gasteiger charge is -1.97. The average molecular weight is 240 g/mol. The van der Waals surface area contributed by atoms with Crippen molar-refractivity contribution in [3.63, 3.8) is 0 Å². The van der Waals surface area contributed by atoms with Gasteiger partial charge in [0.25, 0.3) is 5.82 Å². The highest BCUT2D eigenvalue weighted by atomic mass is 19.1. The molecule has 0 saturated carbocycles. The molecule has 0 aliphatic rings. The van der Waals surface area contributed by atoms with Gasteiger partial charge in [0, 0.05) is 6.07 Å². The summed E-state index contributed by atoms with van der Waals surface area (Å²) in [4.78, 5) is 14.0. The predicted molar refractivity (Wildman–Crippen MR) is 50.4 cm³/mol. The Bertz CT molecular complexity index is 548. The average Bonchev–Trinajstić information content (AvgIpc) is 2.64. The van der Waals surface area contributed by atoms with Crippen LogP contribution in [0, 0.1) is 11.6 Å². The molecule has 0 saturated heterocycles. The fourth-order valence-corrected chi connectivity index (χ4v) is 1.30. The Morgan fingerprint density at radius 1 is 1.29 bits per heavy atom. The van der Waals surface area contributed by atoms with Gasteiger partial charge in [-0.3, -0.25) is 0 Å². The van der Waals surface area contributed by atoms with E-state index in [1.165, 1.54) is 0 Å². The van der Waals surface area contributed by atoms with Gasteiger partial charge in [-0.25, -0.2) is 13.6 Å². The number of carboxylic acids is 1. The summed E-state index contributed by atoms with van der Waals surface area (Å²) in [6.07, 6.45) is -0.0328. The van der Waals surface area contributed by atoms with E-state index in [0.29, 0.717) is 0 Å². The Balaban J connectivity index is 2.22. The molecule has 0 fully saturated rings. The third-order valence-corrected chi connectivity index (χ3v) is 1.94. The molecule has 0 aliphatic carbocycles. The molecule has 2 aromatic rings. The first kappa shape index (κ1) is 11.2. The van der Waals surface area contributed by atoms with Gasteiger partial charge in [-0.15, -0.1) is 0 Å². The van der Waals surface area contributed by atoms with E-state index in [-0.39, 0.29) is 17.9 Å². The highest BCUT2D eigenvalue weighted by Gasteiger charge is 2.13. The molecule has 0 radical (unpaired) electrons. The molecule has 88 valence electrons. The van der Waals surface area contributed by atoms with Crippen molar-refractivity contribution in [2.24, 2.45) is 0 Å². The van der Waals surface area contributed by atoms with Crippen molar-refractivity contribution in [1.29, 1.82) is 0 Å². The van der Waals surface area contributed by atoms with Crippen LogP contribution in [0.5, 0.6) is 0 Å². The van der Waals surface area contributed by atoms with Gasteiger partial charge in [0.2, 0.25) is 5.89 Å². The quantitative estimate of drug-likeness (QED) is 0.882. The minimum atomic E-state index is -1.33. The van der Waals surface area contributed by atoms with Gasteiger partial charge in [-0.05, 0) is 22.9 Å². The Hall–Kier alpha value is -2.31. The zero-order chi connectivity index (χ0) is 12.4. The number of aromatic carboxylic acids is 1. The summed E-state index contributed by atoms with van der Waals surface area (Å²) < 4.78 is 30.3. The van der Waals surface area contributed by atoms with E-state index in [9.17, 15) is 13.6 Å². The van der Waals surface area contributed by atoms with Crippen LogP contribution in [-0.2, 0) is 6.42 Å². The SMILES string of the molecule is O=C(O)c1noc(Cc2cc(F)cc(F)c2)n1. The highest BCUT2D eigenvalue weighted by molar-refractivity contribution is 5.82. The molecule has 0 atom stereocenters. The number of carboxylic acid groups (broad SMARTS) is 1. The topological polar surface area (TPSA) is 76.2 Å². The predicted octanol–water partition coefficient (Wildman–Crippen LogP) is 1.64. The van der Waals surface area contributed by atoms with E-state index in [1.807, 2.05) is 0 Å². The standard InChI is InChI=1S/C10H6F2N2O3/c11-6-1-5(2-7(12)4-6)3-8-13-9(10(15)16)14-17-8/h1-2,4H,3H2,(H,15,16). The molecule has 1 heterocycles. The summed E-state index contributed by atoms with van der Waals surface area (Å²) in [5, 5.41) is 11.7. The molecule has 17 heavy (non-hydrogen) atoms. The van der Waals surface area contributed by atoms with Crippen LogP contribution in [0.4, 0.5) is 8.78 Å². The molecule has 1 aromatic heterocycles. The Morgan fingerprint density at radius 2 is 1.94 bits per heavy atom. The number of aromatic nitrogens is 2. The van der Waals surface area contributed by atoms with E-state index < -0.39 is 23.4 Å². The lowest BCUT2D eigenvalue weighted by molar-refractivity contribution is 0.0680. The van der Waals surface area contributed by atoms with Crippen LogP contribution in [-0.4, -0.2) is 21.2 Å². The summed E-state index contributed by atoms with van der Waals surface area (Å²) in [6.45, 7) is 0. The molecule has 2 rings (SSSR count). The molecule has 7 heteroatoms. The fourth-order valence-electron chi connectivity index (χ4n) is 1.30. The fraction of sp³-hybridized carbons (Fsp3) is 0.100. The molecule has 1 aromatic carbocycles. The number of halogens is 2. The second-order valence-corrected chi connectivity index (χ2v) is 3.27. The number of rotatable bonds is 3. The van der Waals surface area contributed by atoms with Crippen LogP contribution in [0.3, 0.4) is 0 Å². The van der Waals surface area contributed by atoms with E-state index in [0.717, 1.165) is 18.2 Å². The third kappa shape index (κ3) is 2.63. The first-order valence-electron chi connectivity index (χ1n) is 4.55. The van der Waals surface area contributed by atoms with Crippen LogP contribution in [0.2, 0.25) is 0 Å². The Morgan fingerprint density at radius 3 is 2.47 bits per heavy atom. The number of hydrogen-bond donors (Lipinski definition) is 1. The number of benzene rings is 1. The monoisotopic (exact) mass is 240 g/mol. The molecular weight excluding hydrogens is 234 g/mol. The maximum absolute atomic E-state index is 12.9. The highest BCUT2D eigenvalue weighted by Crippen LogP contribution is 2.12. The zero-order valence-electron chi connectivity index (χ0n) is 8.35. The van der Waals surface area contributed by atoms with Crippen LogP contribution >= 0.6 is 0 Å². The van der Waals surface area contributed by atoms with Gasteiger partial charge in [-0.1, -0.05) is 0 Å². The minimum absolute atomic E-state index is 0.0209. The van der Waals surface area contributed by atoms with Crippen molar-refractivity contribution in [1.82, 2.24) is 10.1 Å². The lowest BCUT2D eigenvalue weighted by Crippen LogP contribution is -1.99. The summed E-state index contributed by atoms with van der Waals surface area (Å²) in [5.74, 6) is -3.29. The minimum Gasteiger partial charge on any atom is -0.475 e. The van der Waals surface area contributed by atoms with E-state index in [4.69, 9.17) is 5.11 Å². The number of nitrogens with zero attached hydrogens (tertiary/aromatic N) is 2. The van der Waals surface area contributed by atoms with Gasteiger partial charge >= 0.3 is 5.97 Å². The third-order valence-electron chi connectivity index (χ3n) is 1.94. The summed E-state index contributed by atoms with van der Waals surface area (Å²) in [6, 6.07) is 2.95.